The summed E-state index contributed by atoms with van der Waals surface area (Å²) in [4.78, 5) is 0. The summed E-state index contributed by atoms with van der Waals surface area (Å²) in [5, 5.41) is 11.9. The average Bonchev–Trinajstić information content (AvgIpc) is 2.19. The largest absolute Gasteiger partial charge is 0.384 e. The standard InChI is InChI=1S/C10H13N3/c11-6-3-7-13-10-5-2-1-4-9(10)8-12/h1-2,4-5,13H,3,6-7,11H2. The Labute approximate surface area is 78.2 Å². The summed E-state index contributed by atoms with van der Waals surface area (Å²) in [5.74, 6) is 0. The number of nitriles is 1. The first-order valence-electron chi connectivity index (χ1n) is 4.31. The molecule has 0 aliphatic heterocycles. The predicted octanol–water partition coefficient (Wildman–Crippen LogP) is 1.32. The number of nitrogens with zero attached hydrogens (tertiary/aromatic N) is 1. The first kappa shape index (κ1) is 9.56. The molecule has 0 radical (unpaired) electrons. The molecule has 0 fully saturated rings. The Balaban J connectivity index is 2.60. The summed E-state index contributed by atoms with van der Waals surface area (Å²) < 4.78 is 0. The Morgan fingerprint density at radius 2 is 2.15 bits per heavy atom. The number of rotatable bonds is 4. The topological polar surface area (TPSA) is 61.8 Å². The van der Waals surface area contributed by atoms with Crippen molar-refractivity contribution in [1.82, 2.24) is 0 Å². The molecule has 3 N–H and O–H groups in total. The molecule has 0 unspecified atom stereocenters. The van der Waals surface area contributed by atoms with Crippen molar-refractivity contribution >= 4 is 5.69 Å². The van der Waals surface area contributed by atoms with Crippen LogP contribution in [-0.4, -0.2) is 13.1 Å². The minimum absolute atomic E-state index is 0.668. The molecule has 0 saturated carbocycles. The van der Waals surface area contributed by atoms with Crippen molar-refractivity contribution in [3.05, 3.63) is 29.8 Å². The molecule has 1 rings (SSSR count). The molecule has 0 aromatic heterocycles. The van der Waals surface area contributed by atoms with Crippen LogP contribution in [0.25, 0.3) is 0 Å². The van der Waals surface area contributed by atoms with Crippen molar-refractivity contribution < 1.29 is 0 Å². The van der Waals surface area contributed by atoms with Crippen molar-refractivity contribution in [3.8, 4) is 6.07 Å². The van der Waals surface area contributed by atoms with E-state index in [0.717, 1.165) is 18.7 Å². The summed E-state index contributed by atoms with van der Waals surface area (Å²) in [6, 6.07) is 9.59. The van der Waals surface area contributed by atoms with Crippen molar-refractivity contribution in [3.63, 3.8) is 0 Å². The Morgan fingerprint density at radius 3 is 2.85 bits per heavy atom. The van der Waals surface area contributed by atoms with Gasteiger partial charge in [0.25, 0.3) is 0 Å². The Bertz CT molecular complexity index is 301. The lowest BCUT2D eigenvalue weighted by Crippen LogP contribution is -2.09. The molecule has 0 heterocycles. The van der Waals surface area contributed by atoms with Crippen molar-refractivity contribution in [2.75, 3.05) is 18.4 Å². The van der Waals surface area contributed by atoms with Gasteiger partial charge in [0.2, 0.25) is 0 Å². The van der Waals surface area contributed by atoms with Crippen LogP contribution in [0.4, 0.5) is 5.69 Å². The number of nitrogens with one attached hydrogen (secondary N) is 1. The third-order valence-electron chi connectivity index (χ3n) is 1.74. The van der Waals surface area contributed by atoms with Crippen molar-refractivity contribution in [1.29, 1.82) is 5.26 Å². The number of hydrogen-bond donors (Lipinski definition) is 2. The molecular weight excluding hydrogens is 162 g/mol. The molecule has 1 aromatic rings. The predicted molar refractivity (Wildman–Crippen MR) is 53.3 cm³/mol. The number of hydrogen-bond acceptors (Lipinski definition) is 3. The van der Waals surface area contributed by atoms with Crippen molar-refractivity contribution in [2.24, 2.45) is 5.73 Å². The zero-order chi connectivity index (χ0) is 9.52. The van der Waals surface area contributed by atoms with Gasteiger partial charge in [-0.3, -0.25) is 0 Å². The van der Waals surface area contributed by atoms with Gasteiger partial charge in [0.15, 0.2) is 0 Å². The molecule has 3 nitrogen and oxygen atoms in total. The molecule has 0 spiro atoms. The van der Waals surface area contributed by atoms with Crippen LogP contribution >= 0.6 is 0 Å². The van der Waals surface area contributed by atoms with E-state index in [1.807, 2.05) is 18.2 Å². The van der Waals surface area contributed by atoms with E-state index < -0.39 is 0 Å². The van der Waals surface area contributed by atoms with Crippen LogP contribution in [0, 0.1) is 11.3 Å². The first-order chi connectivity index (χ1) is 6.38. The number of para-hydroxylation sites is 1. The van der Waals surface area contributed by atoms with Gasteiger partial charge in [0.1, 0.15) is 6.07 Å². The van der Waals surface area contributed by atoms with Gasteiger partial charge in [-0.25, -0.2) is 0 Å². The molecule has 0 bridgehead atoms. The summed E-state index contributed by atoms with van der Waals surface area (Å²) in [6.07, 6.45) is 0.916. The number of nitrogens with two attached hydrogens (primary N) is 1. The fourth-order valence-corrected chi connectivity index (χ4v) is 1.06. The third kappa shape index (κ3) is 2.77. The maximum absolute atomic E-state index is 8.76. The molecule has 3 heteroatoms. The van der Waals surface area contributed by atoms with E-state index in [2.05, 4.69) is 11.4 Å². The second kappa shape index (κ2) is 5.18. The fraction of sp³-hybridized carbons (Fsp3) is 0.300. The molecule has 0 aliphatic rings. The van der Waals surface area contributed by atoms with E-state index >= 15 is 0 Å². The van der Waals surface area contributed by atoms with Gasteiger partial charge in [-0.1, -0.05) is 12.1 Å². The van der Waals surface area contributed by atoms with Gasteiger partial charge in [-0.2, -0.15) is 5.26 Å². The van der Waals surface area contributed by atoms with Gasteiger partial charge in [-0.15, -0.1) is 0 Å². The van der Waals surface area contributed by atoms with E-state index in [9.17, 15) is 0 Å². The van der Waals surface area contributed by atoms with E-state index in [1.165, 1.54) is 0 Å². The fourth-order valence-electron chi connectivity index (χ4n) is 1.06. The van der Waals surface area contributed by atoms with Gasteiger partial charge < -0.3 is 11.1 Å². The van der Waals surface area contributed by atoms with Crippen LogP contribution in [0.3, 0.4) is 0 Å². The van der Waals surface area contributed by atoms with Crippen LogP contribution in [-0.2, 0) is 0 Å². The lowest BCUT2D eigenvalue weighted by molar-refractivity contribution is 0.874. The first-order valence-corrected chi connectivity index (χ1v) is 4.31. The SMILES string of the molecule is N#Cc1ccccc1NCCCN. The molecule has 0 atom stereocenters. The van der Waals surface area contributed by atoms with E-state index in [4.69, 9.17) is 11.0 Å². The lowest BCUT2D eigenvalue weighted by atomic mass is 10.2. The second-order valence-electron chi connectivity index (χ2n) is 2.73. The molecule has 0 aliphatic carbocycles. The molecular formula is C10H13N3. The normalized spacial score (nSPS) is 9.23. The highest BCUT2D eigenvalue weighted by molar-refractivity contribution is 5.56. The molecule has 68 valence electrons. The number of anilines is 1. The zero-order valence-electron chi connectivity index (χ0n) is 7.46. The van der Waals surface area contributed by atoms with E-state index in [0.29, 0.717) is 12.1 Å². The summed E-state index contributed by atoms with van der Waals surface area (Å²) in [5.41, 5.74) is 6.93. The van der Waals surface area contributed by atoms with Crippen LogP contribution in [0.2, 0.25) is 0 Å². The smallest absolute Gasteiger partial charge is 0.101 e. The number of benzene rings is 1. The molecule has 1 aromatic carbocycles. The summed E-state index contributed by atoms with van der Waals surface area (Å²) >= 11 is 0. The zero-order valence-corrected chi connectivity index (χ0v) is 7.46. The van der Waals surface area contributed by atoms with Crippen LogP contribution in [0.15, 0.2) is 24.3 Å². The van der Waals surface area contributed by atoms with E-state index in [1.54, 1.807) is 6.07 Å². The quantitative estimate of drug-likeness (QED) is 0.678. The molecule has 0 saturated heterocycles. The van der Waals surface area contributed by atoms with Gasteiger partial charge in [-0.05, 0) is 25.1 Å². The minimum atomic E-state index is 0.668. The van der Waals surface area contributed by atoms with Crippen LogP contribution in [0.1, 0.15) is 12.0 Å². The maximum atomic E-state index is 8.76. The molecule has 0 amide bonds. The third-order valence-corrected chi connectivity index (χ3v) is 1.74. The van der Waals surface area contributed by atoms with Gasteiger partial charge in [0.05, 0.1) is 11.3 Å². The monoisotopic (exact) mass is 175 g/mol. The second-order valence-corrected chi connectivity index (χ2v) is 2.73. The minimum Gasteiger partial charge on any atom is -0.384 e. The molecule has 13 heavy (non-hydrogen) atoms. The van der Waals surface area contributed by atoms with Crippen LogP contribution < -0.4 is 11.1 Å². The average molecular weight is 175 g/mol. The van der Waals surface area contributed by atoms with Gasteiger partial charge >= 0.3 is 0 Å². The maximum Gasteiger partial charge on any atom is 0.101 e. The highest BCUT2D eigenvalue weighted by Crippen LogP contribution is 2.12. The van der Waals surface area contributed by atoms with Crippen molar-refractivity contribution in [2.45, 2.75) is 6.42 Å². The van der Waals surface area contributed by atoms with E-state index in [-0.39, 0.29) is 0 Å². The lowest BCUT2D eigenvalue weighted by Gasteiger charge is -2.06. The Morgan fingerprint density at radius 1 is 1.38 bits per heavy atom. The highest BCUT2D eigenvalue weighted by Gasteiger charge is 1.97. The Hall–Kier alpha value is -1.53. The van der Waals surface area contributed by atoms with Crippen LogP contribution in [0.5, 0.6) is 0 Å². The van der Waals surface area contributed by atoms with Gasteiger partial charge in [0, 0.05) is 6.54 Å². The Kier molecular flexibility index (Phi) is 3.80. The highest BCUT2D eigenvalue weighted by atomic mass is 14.9. The summed E-state index contributed by atoms with van der Waals surface area (Å²) in [6.45, 7) is 1.48. The summed E-state index contributed by atoms with van der Waals surface area (Å²) in [7, 11) is 0.